The maximum absolute atomic E-state index is 12.8. The van der Waals surface area contributed by atoms with E-state index >= 15 is 0 Å². The first-order valence-corrected chi connectivity index (χ1v) is 10.5. The summed E-state index contributed by atoms with van der Waals surface area (Å²) < 4.78 is 5.34. The molecule has 3 aromatic rings. The molecule has 2 aromatic carbocycles. The van der Waals surface area contributed by atoms with Crippen molar-refractivity contribution in [1.29, 1.82) is 0 Å². The number of aryl methyl sites for hydroxylation is 1. The topological polar surface area (TPSA) is 57.7 Å². The van der Waals surface area contributed by atoms with E-state index in [2.05, 4.69) is 54.7 Å². The fraction of sp³-hybridized carbons (Fsp3) is 0.231. The number of morpholine rings is 1. The van der Waals surface area contributed by atoms with Crippen molar-refractivity contribution >= 4 is 23.5 Å². The van der Waals surface area contributed by atoms with Crippen molar-refractivity contribution in [3.05, 3.63) is 83.6 Å². The number of nitrogens with zero attached hydrogens (tertiary/aromatic N) is 2. The number of carbonyl (C=O) groups excluding carboxylic acids is 1. The molecule has 4 rings (SSSR count). The molecule has 0 aliphatic carbocycles. The Hall–Kier alpha value is -3.44. The highest BCUT2D eigenvalue weighted by Crippen LogP contribution is 2.30. The lowest BCUT2D eigenvalue weighted by molar-refractivity contribution is 0.0303. The van der Waals surface area contributed by atoms with Gasteiger partial charge in [-0.15, -0.1) is 0 Å². The van der Waals surface area contributed by atoms with Crippen LogP contribution in [-0.2, 0) is 4.74 Å². The van der Waals surface area contributed by atoms with Gasteiger partial charge in [0.25, 0.3) is 5.91 Å². The van der Waals surface area contributed by atoms with Crippen LogP contribution in [0, 0.1) is 13.8 Å². The molecule has 2 heterocycles. The lowest BCUT2D eigenvalue weighted by atomic mass is 10.0. The van der Waals surface area contributed by atoms with E-state index in [0.29, 0.717) is 31.9 Å². The highest BCUT2D eigenvalue weighted by atomic mass is 16.5. The number of rotatable bonds is 5. The Morgan fingerprint density at radius 1 is 1.10 bits per heavy atom. The quantitative estimate of drug-likeness (QED) is 0.586. The standard InChI is InChI=1S/C26H27N3O2/c1-18-6-4-8-22(14-18)24-17-28-25(20(24)3)27-16-19(2)21-7-5-9-23(15-21)26(30)29-10-12-31-13-11-29/h4-9,14-17,28H,2,10-13H2,1,3H3/b27-16-. The first-order valence-electron chi connectivity index (χ1n) is 10.5. The normalized spacial score (nSPS) is 14.2. The third-order valence-electron chi connectivity index (χ3n) is 5.57. The molecule has 158 valence electrons. The van der Waals surface area contributed by atoms with E-state index in [1.165, 1.54) is 11.1 Å². The van der Waals surface area contributed by atoms with Gasteiger partial charge in [0.05, 0.1) is 13.2 Å². The summed E-state index contributed by atoms with van der Waals surface area (Å²) in [5.74, 6) is 0.830. The van der Waals surface area contributed by atoms with Gasteiger partial charge in [-0.05, 0) is 42.7 Å². The van der Waals surface area contributed by atoms with Gasteiger partial charge < -0.3 is 14.6 Å². The molecule has 1 N–H and O–H groups in total. The average molecular weight is 414 g/mol. The maximum atomic E-state index is 12.8. The second kappa shape index (κ2) is 9.14. The van der Waals surface area contributed by atoms with Gasteiger partial charge in [-0.3, -0.25) is 4.79 Å². The molecular formula is C26H27N3O2. The van der Waals surface area contributed by atoms with Crippen LogP contribution in [0.25, 0.3) is 16.7 Å². The van der Waals surface area contributed by atoms with Crippen LogP contribution < -0.4 is 0 Å². The molecule has 1 aromatic heterocycles. The minimum absolute atomic E-state index is 0.0258. The number of nitrogens with one attached hydrogen (secondary N) is 1. The van der Waals surface area contributed by atoms with Crippen LogP contribution in [0.3, 0.4) is 0 Å². The Balaban J connectivity index is 1.50. The fourth-order valence-electron chi connectivity index (χ4n) is 3.75. The smallest absolute Gasteiger partial charge is 0.254 e. The highest BCUT2D eigenvalue weighted by Gasteiger charge is 2.18. The van der Waals surface area contributed by atoms with E-state index in [-0.39, 0.29) is 5.91 Å². The monoisotopic (exact) mass is 413 g/mol. The van der Waals surface area contributed by atoms with Gasteiger partial charge >= 0.3 is 0 Å². The summed E-state index contributed by atoms with van der Waals surface area (Å²) in [5, 5.41) is 0. The molecule has 0 unspecified atom stereocenters. The van der Waals surface area contributed by atoms with E-state index in [4.69, 9.17) is 4.74 Å². The van der Waals surface area contributed by atoms with Crippen molar-refractivity contribution in [3.63, 3.8) is 0 Å². The van der Waals surface area contributed by atoms with E-state index in [9.17, 15) is 4.79 Å². The molecule has 1 saturated heterocycles. The zero-order chi connectivity index (χ0) is 21.8. The molecule has 1 fully saturated rings. The number of aromatic nitrogens is 1. The van der Waals surface area contributed by atoms with Crippen molar-refractivity contribution in [1.82, 2.24) is 9.88 Å². The van der Waals surface area contributed by atoms with Crippen LogP contribution in [0.15, 0.2) is 66.3 Å². The zero-order valence-electron chi connectivity index (χ0n) is 18.0. The second-order valence-electron chi connectivity index (χ2n) is 7.81. The first kappa shape index (κ1) is 20.8. The molecule has 5 heteroatoms. The van der Waals surface area contributed by atoms with E-state index in [1.807, 2.05) is 35.4 Å². The van der Waals surface area contributed by atoms with Crippen molar-refractivity contribution in [2.45, 2.75) is 13.8 Å². The number of aromatic amines is 1. The van der Waals surface area contributed by atoms with Crippen molar-refractivity contribution in [2.24, 2.45) is 4.99 Å². The summed E-state index contributed by atoms with van der Waals surface area (Å²) in [4.78, 5) is 22.5. The third kappa shape index (κ3) is 4.67. The lowest BCUT2D eigenvalue weighted by Gasteiger charge is -2.27. The molecule has 31 heavy (non-hydrogen) atoms. The van der Waals surface area contributed by atoms with Crippen LogP contribution in [-0.4, -0.2) is 48.3 Å². The molecule has 0 atom stereocenters. The van der Waals surface area contributed by atoms with E-state index < -0.39 is 0 Å². The Morgan fingerprint density at radius 3 is 2.61 bits per heavy atom. The van der Waals surface area contributed by atoms with Crippen LogP contribution in [0.4, 0.5) is 5.82 Å². The molecule has 0 spiro atoms. The number of aliphatic imine (C=N–C) groups is 1. The first-order chi connectivity index (χ1) is 15.0. The van der Waals surface area contributed by atoms with Crippen molar-refractivity contribution in [2.75, 3.05) is 26.3 Å². The zero-order valence-corrected chi connectivity index (χ0v) is 18.0. The van der Waals surface area contributed by atoms with Crippen molar-refractivity contribution < 1.29 is 9.53 Å². The van der Waals surface area contributed by atoms with Gasteiger partial charge in [-0.1, -0.05) is 48.5 Å². The molecule has 1 aliphatic heterocycles. The lowest BCUT2D eigenvalue weighted by Crippen LogP contribution is -2.40. The molecular weight excluding hydrogens is 386 g/mol. The fourth-order valence-corrected chi connectivity index (χ4v) is 3.75. The van der Waals surface area contributed by atoms with Gasteiger partial charge in [0.1, 0.15) is 5.82 Å². The summed E-state index contributed by atoms with van der Waals surface area (Å²) in [5.41, 5.74) is 6.91. The van der Waals surface area contributed by atoms with Crippen LogP contribution in [0.1, 0.15) is 27.0 Å². The summed E-state index contributed by atoms with van der Waals surface area (Å²) in [6.45, 7) is 10.7. The summed E-state index contributed by atoms with van der Waals surface area (Å²) in [7, 11) is 0. The Labute approximate surface area is 183 Å². The predicted molar refractivity (Wildman–Crippen MR) is 126 cm³/mol. The number of ether oxygens (including phenoxy) is 1. The van der Waals surface area contributed by atoms with Gasteiger partial charge in [-0.25, -0.2) is 4.99 Å². The number of hydrogen-bond acceptors (Lipinski definition) is 3. The number of amides is 1. The SMILES string of the molecule is C=C(/C=N\c1[nH]cc(-c2cccc(C)c2)c1C)c1cccc(C(=O)N2CCOCC2)c1. The molecule has 1 aliphatic rings. The molecule has 0 radical (unpaired) electrons. The maximum Gasteiger partial charge on any atom is 0.254 e. The van der Waals surface area contributed by atoms with Gasteiger partial charge in [-0.2, -0.15) is 0 Å². The van der Waals surface area contributed by atoms with Gasteiger partial charge in [0.15, 0.2) is 0 Å². The number of H-pyrrole nitrogens is 1. The molecule has 0 bridgehead atoms. The average Bonchev–Trinajstić information content (AvgIpc) is 3.18. The number of benzene rings is 2. The highest BCUT2D eigenvalue weighted by molar-refractivity contribution is 6.10. The Morgan fingerprint density at radius 2 is 1.84 bits per heavy atom. The minimum Gasteiger partial charge on any atom is -0.378 e. The van der Waals surface area contributed by atoms with Crippen LogP contribution in [0.2, 0.25) is 0 Å². The Kier molecular flexibility index (Phi) is 6.14. The number of carbonyl (C=O) groups is 1. The molecule has 0 saturated carbocycles. The van der Waals surface area contributed by atoms with Crippen molar-refractivity contribution in [3.8, 4) is 11.1 Å². The summed E-state index contributed by atoms with van der Waals surface area (Å²) in [6, 6.07) is 16.0. The number of hydrogen-bond donors (Lipinski definition) is 1. The third-order valence-corrected chi connectivity index (χ3v) is 5.57. The van der Waals surface area contributed by atoms with Crippen LogP contribution in [0.5, 0.6) is 0 Å². The Bertz CT molecular complexity index is 1140. The summed E-state index contributed by atoms with van der Waals surface area (Å²) >= 11 is 0. The predicted octanol–water partition coefficient (Wildman–Crippen LogP) is 5.19. The summed E-state index contributed by atoms with van der Waals surface area (Å²) in [6.07, 6.45) is 3.73. The molecule has 5 nitrogen and oxygen atoms in total. The second-order valence-corrected chi connectivity index (χ2v) is 7.81. The van der Waals surface area contributed by atoms with E-state index in [1.54, 1.807) is 6.21 Å². The minimum atomic E-state index is 0.0258. The largest absolute Gasteiger partial charge is 0.378 e. The number of allylic oxidation sites excluding steroid dienone is 1. The van der Waals surface area contributed by atoms with E-state index in [0.717, 1.165) is 28.1 Å². The van der Waals surface area contributed by atoms with Crippen LogP contribution >= 0.6 is 0 Å². The molecule has 1 amide bonds. The van der Waals surface area contributed by atoms with Gasteiger partial charge in [0, 0.05) is 42.2 Å². The van der Waals surface area contributed by atoms with Gasteiger partial charge in [0.2, 0.25) is 0 Å².